The molecule has 0 fully saturated rings. The van der Waals surface area contributed by atoms with Gasteiger partial charge in [-0.05, 0) is 6.92 Å². The lowest BCUT2D eigenvalue weighted by atomic mass is 10.1. The van der Waals surface area contributed by atoms with Crippen molar-refractivity contribution in [3.05, 3.63) is 36.0 Å². The van der Waals surface area contributed by atoms with Crippen LogP contribution in [0.15, 0.2) is 30.3 Å². The van der Waals surface area contributed by atoms with E-state index in [1.807, 2.05) is 37.3 Å². The molecule has 0 bridgehead atoms. The number of aromatic amines is 1. The van der Waals surface area contributed by atoms with Gasteiger partial charge in [0.2, 0.25) is 5.91 Å². The van der Waals surface area contributed by atoms with Crippen LogP contribution in [0.1, 0.15) is 19.0 Å². The zero-order valence-electron chi connectivity index (χ0n) is 10.8. The topological polar surface area (TPSA) is 96.7 Å². The van der Waals surface area contributed by atoms with E-state index in [0.717, 1.165) is 17.0 Å². The first-order valence-electron chi connectivity index (χ1n) is 6.13. The summed E-state index contributed by atoms with van der Waals surface area (Å²) < 4.78 is 0. The molecule has 6 heteroatoms. The molecule has 2 rings (SSSR count). The number of benzene rings is 1. The molecular weight excluding hydrogens is 242 g/mol. The molecule has 100 valence electrons. The maximum atomic E-state index is 10.8. The zero-order chi connectivity index (χ0) is 13.7. The summed E-state index contributed by atoms with van der Waals surface area (Å²) in [5.41, 5.74) is 7.80. The van der Waals surface area contributed by atoms with Crippen molar-refractivity contribution < 1.29 is 4.79 Å². The Bertz CT molecular complexity index is 537. The van der Waals surface area contributed by atoms with Crippen molar-refractivity contribution in [3.8, 4) is 11.3 Å². The second-order valence-corrected chi connectivity index (χ2v) is 4.44. The van der Waals surface area contributed by atoms with E-state index in [9.17, 15) is 4.79 Å². The number of aromatic nitrogens is 3. The minimum atomic E-state index is -0.316. The minimum absolute atomic E-state index is 0.0119. The van der Waals surface area contributed by atoms with Crippen LogP contribution in [0.4, 0.5) is 0 Å². The number of nitrogens with zero attached hydrogens (tertiary/aromatic N) is 2. The second kappa shape index (κ2) is 6.10. The third kappa shape index (κ3) is 3.62. The predicted molar refractivity (Wildman–Crippen MR) is 71.9 cm³/mol. The molecule has 0 aliphatic heterocycles. The highest BCUT2D eigenvalue weighted by molar-refractivity contribution is 5.74. The van der Waals surface area contributed by atoms with Crippen LogP contribution in [0, 0.1) is 0 Å². The van der Waals surface area contributed by atoms with E-state index in [4.69, 9.17) is 5.73 Å². The Morgan fingerprint density at radius 3 is 2.79 bits per heavy atom. The molecule has 19 heavy (non-hydrogen) atoms. The molecule has 1 aromatic heterocycles. The molecule has 0 saturated carbocycles. The lowest BCUT2D eigenvalue weighted by molar-refractivity contribution is -0.118. The van der Waals surface area contributed by atoms with Gasteiger partial charge in [0, 0.05) is 24.6 Å². The number of H-pyrrole nitrogens is 1. The first kappa shape index (κ1) is 13.2. The van der Waals surface area contributed by atoms with Crippen LogP contribution >= 0.6 is 0 Å². The molecule has 0 saturated heterocycles. The summed E-state index contributed by atoms with van der Waals surface area (Å²) in [4.78, 5) is 10.8. The van der Waals surface area contributed by atoms with Crippen LogP contribution in [-0.2, 0) is 11.3 Å². The fourth-order valence-corrected chi connectivity index (χ4v) is 1.85. The smallest absolute Gasteiger partial charge is 0.218 e. The van der Waals surface area contributed by atoms with Gasteiger partial charge in [-0.15, -0.1) is 0 Å². The van der Waals surface area contributed by atoms with Gasteiger partial charge >= 0.3 is 0 Å². The fourth-order valence-electron chi connectivity index (χ4n) is 1.85. The molecule has 0 aliphatic rings. The van der Waals surface area contributed by atoms with Crippen molar-refractivity contribution in [2.24, 2.45) is 5.73 Å². The van der Waals surface area contributed by atoms with Crippen LogP contribution < -0.4 is 11.1 Å². The molecule has 0 radical (unpaired) electrons. The van der Waals surface area contributed by atoms with Crippen LogP contribution in [0.5, 0.6) is 0 Å². The van der Waals surface area contributed by atoms with Gasteiger partial charge in [0.1, 0.15) is 11.4 Å². The number of carbonyl (C=O) groups is 1. The number of hydrogen-bond donors (Lipinski definition) is 3. The summed E-state index contributed by atoms with van der Waals surface area (Å²) in [6.07, 6.45) is 0.304. The van der Waals surface area contributed by atoms with E-state index >= 15 is 0 Å². The molecule has 4 N–H and O–H groups in total. The van der Waals surface area contributed by atoms with E-state index in [-0.39, 0.29) is 11.9 Å². The average molecular weight is 259 g/mol. The Morgan fingerprint density at radius 2 is 2.11 bits per heavy atom. The van der Waals surface area contributed by atoms with Crippen molar-refractivity contribution in [2.45, 2.75) is 25.9 Å². The number of rotatable bonds is 6. The Hall–Kier alpha value is -2.21. The van der Waals surface area contributed by atoms with Crippen LogP contribution in [0.2, 0.25) is 0 Å². The Labute approximate surface area is 111 Å². The van der Waals surface area contributed by atoms with Crippen molar-refractivity contribution >= 4 is 5.91 Å². The molecular formula is C13H17N5O. The molecule has 1 atom stereocenters. The highest BCUT2D eigenvalue weighted by Gasteiger charge is 2.11. The molecule has 6 nitrogen and oxygen atoms in total. The maximum Gasteiger partial charge on any atom is 0.218 e. The molecule has 1 aromatic carbocycles. The normalized spacial score (nSPS) is 12.3. The van der Waals surface area contributed by atoms with Crippen LogP contribution in [-0.4, -0.2) is 27.4 Å². The van der Waals surface area contributed by atoms with Gasteiger partial charge in [0.15, 0.2) is 0 Å². The van der Waals surface area contributed by atoms with Gasteiger partial charge in [0.25, 0.3) is 0 Å². The number of hydrogen-bond acceptors (Lipinski definition) is 4. The fraction of sp³-hybridized carbons (Fsp3) is 0.308. The summed E-state index contributed by atoms with van der Waals surface area (Å²) in [6.45, 7) is 2.45. The van der Waals surface area contributed by atoms with Gasteiger partial charge in [-0.3, -0.25) is 4.79 Å². The molecule has 1 amide bonds. The largest absolute Gasteiger partial charge is 0.370 e. The molecule has 2 aromatic rings. The number of amides is 1. The van der Waals surface area contributed by atoms with Gasteiger partial charge < -0.3 is 11.1 Å². The van der Waals surface area contributed by atoms with Crippen LogP contribution in [0.3, 0.4) is 0 Å². The van der Waals surface area contributed by atoms with E-state index in [2.05, 4.69) is 20.7 Å². The first-order chi connectivity index (χ1) is 9.16. The van der Waals surface area contributed by atoms with Gasteiger partial charge in [-0.25, -0.2) is 0 Å². The molecule has 0 spiro atoms. The summed E-state index contributed by atoms with van der Waals surface area (Å²) in [5.74, 6) is -0.316. The third-order valence-corrected chi connectivity index (χ3v) is 2.79. The SMILES string of the molecule is CC(CC(N)=O)NCc1n[nH]nc1-c1ccccc1. The Morgan fingerprint density at radius 1 is 1.37 bits per heavy atom. The molecule has 0 aliphatic carbocycles. The Kier molecular flexibility index (Phi) is 4.25. The average Bonchev–Trinajstić information content (AvgIpc) is 2.85. The van der Waals surface area contributed by atoms with E-state index in [1.165, 1.54) is 0 Å². The number of nitrogens with one attached hydrogen (secondary N) is 2. The monoisotopic (exact) mass is 259 g/mol. The third-order valence-electron chi connectivity index (χ3n) is 2.79. The summed E-state index contributed by atoms with van der Waals surface area (Å²) >= 11 is 0. The Balaban J connectivity index is 2.03. The lowest BCUT2D eigenvalue weighted by Gasteiger charge is -2.10. The number of nitrogens with two attached hydrogens (primary N) is 1. The highest BCUT2D eigenvalue weighted by atomic mass is 16.1. The van der Waals surface area contributed by atoms with E-state index in [0.29, 0.717) is 13.0 Å². The minimum Gasteiger partial charge on any atom is -0.370 e. The summed E-state index contributed by atoms with van der Waals surface area (Å²) in [6, 6.07) is 9.84. The quantitative estimate of drug-likeness (QED) is 0.715. The highest BCUT2D eigenvalue weighted by Crippen LogP contribution is 2.18. The molecule has 1 unspecified atom stereocenters. The maximum absolute atomic E-state index is 10.8. The standard InChI is InChI=1S/C13H17N5O/c1-9(7-12(14)19)15-8-11-13(17-18-16-11)10-5-3-2-4-6-10/h2-6,9,15H,7-8H2,1H3,(H2,14,19)(H,16,17,18). The summed E-state index contributed by atoms with van der Waals surface area (Å²) in [7, 11) is 0. The number of carbonyl (C=O) groups excluding carboxylic acids is 1. The lowest BCUT2D eigenvalue weighted by Crippen LogP contribution is -2.30. The second-order valence-electron chi connectivity index (χ2n) is 4.44. The van der Waals surface area contributed by atoms with Crippen LogP contribution in [0.25, 0.3) is 11.3 Å². The van der Waals surface area contributed by atoms with E-state index in [1.54, 1.807) is 0 Å². The van der Waals surface area contributed by atoms with E-state index < -0.39 is 0 Å². The van der Waals surface area contributed by atoms with Gasteiger partial charge in [-0.2, -0.15) is 15.4 Å². The number of primary amides is 1. The zero-order valence-corrected chi connectivity index (χ0v) is 10.8. The van der Waals surface area contributed by atoms with Crippen molar-refractivity contribution in [1.82, 2.24) is 20.7 Å². The van der Waals surface area contributed by atoms with Crippen molar-refractivity contribution in [2.75, 3.05) is 0 Å². The van der Waals surface area contributed by atoms with Crippen molar-refractivity contribution in [1.29, 1.82) is 0 Å². The predicted octanol–water partition coefficient (Wildman–Crippen LogP) is 0.825. The first-order valence-corrected chi connectivity index (χ1v) is 6.13. The van der Waals surface area contributed by atoms with Gasteiger partial charge in [0.05, 0.1) is 0 Å². The van der Waals surface area contributed by atoms with Gasteiger partial charge in [-0.1, -0.05) is 30.3 Å². The summed E-state index contributed by atoms with van der Waals surface area (Å²) in [5, 5.41) is 14.1. The van der Waals surface area contributed by atoms with Crippen molar-refractivity contribution in [3.63, 3.8) is 0 Å². The molecule has 1 heterocycles.